The van der Waals surface area contributed by atoms with Crippen LogP contribution in [0.1, 0.15) is 47.4 Å². The zero-order chi connectivity index (χ0) is 17.8. The summed E-state index contributed by atoms with van der Waals surface area (Å²) in [5.41, 5.74) is 1.79. The predicted octanol–water partition coefficient (Wildman–Crippen LogP) is 2.83. The highest BCUT2D eigenvalue weighted by atomic mass is 19.1. The molecule has 0 spiro atoms. The number of rotatable bonds is 4. The summed E-state index contributed by atoms with van der Waals surface area (Å²) in [6.45, 7) is 2.40. The van der Waals surface area contributed by atoms with E-state index in [9.17, 15) is 14.0 Å². The zero-order valence-electron chi connectivity index (χ0n) is 14.0. The first-order valence-corrected chi connectivity index (χ1v) is 8.31. The van der Waals surface area contributed by atoms with Crippen LogP contribution in [0, 0.1) is 5.82 Å². The van der Waals surface area contributed by atoms with Gasteiger partial charge >= 0.3 is 0 Å². The average molecular weight is 341 g/mol. The van der Waals surface area contributed by atoms with Crippen molar-refractivity contribution in [1.29, 1.82) is 0 Å². The molecule has 130 valence electrons. The molecule has 0 bridgehead atoms. The fraction of sp³-hybridized carbons (Fsp3) is 0.316. The summed E-state index contributed by atoms with van der Waals surface area (Å²) in [4.78, 5) is 29.8. The first-order chi connectivity index (χ1) is 12.1. The van der Waals surface area contributed by atoms with Gasteiger partial charge in [0.2, 0.25) is 5.91 Å². The molecule has 3 rings (SSSR count). The molecule has 1 aliphatic heterocycles. The lowest BCUT2D eigenvalue weighted by Gasteiger charge is -2.25. The number of hydrogen-bond acceptors (Lipinski definition) is 3. The van der Waals surface area contributed by atoms with Crippen LogP contribution in [-0.4, -0.2) is 28.2 Å². The van der Waals surface area contributed by atoms with E-state index in [0.29, 0.717) is 13.1 Å². The number of aromatic nitrogens is 1. The van der Waals surface area contributed by atoms with Gasteiger partial charge in [0.05, 0.1) is 23.8 Å². The highest BCUT2D eigenvalue weighted by Crippen LogP contribution is 2.33. The first kappa shape index (κ1) is 17.1. The van der Waals surface area contributed by atoms with Crippen LogP contribution in [0.5, 0.6) is 0 Å². The molecule has 5 nitrogen and oxygen atoms in total. The molecule has 25 heavy (non-hydrogen) atoms. The molecular weight excluding hydrogens is 321 g/mol. The Labute approximate surface area is 145 Å². The lowest BCUT2D eigenvalue weighted by atomic mass is 10.0. The second-order valence-electron chi connectivity index (χ2n) is 6.13. The van der Waals surface area contributed by atoms with Crippen molar-refractivity contribution in [3.8, 4) is 0 Å². The second kappa shape index (κ2) is 7.42. The van der Waals surface area contributed by atoms with E-state index in [1.165, 1.54) is 19.1 Å². The number of benzene rings is 1. The van der Waals surface area contributed by atoms with Crippen molar-refractivity contribution in [2.45, 2.75) is 32.4 Å². The van der Waals surface area contributed by atoms with Crippen molar-refractivity contribution in [2.75, 3.05) is 6.54 Å². The van der Waals surface area contributed by atoms with Crippen LogP contribution in [0.4, 0.5) is 4.39 Å². The van der Waals surface area contributed by atoms with Gasteiger partial charge in [-0.15, -0.1) is 0 Å². The Bertz CT molecular complexity index is 794. The van der Waals surface area contributed by atoms with Gasteiger partial charge in [0.15, 0.2) is 0 Å². The van der Waals surface area contributed by atoms with Gasteiger partial charge in [0, 0.05) is 19.7 Å². The van der Waals surface area contributed by atoms with Crippen molar-refractivity contribution in [3.05, 3.63) is 65.2 Å². The predicted molar refractivity (Wildman–Crippen MR) is 91.2 cm³/mol. The molecule has 1 aliphatic rings. The maximum atomic E-state index is 14.0. The number of nitrogens with zero attached hydrogens (tertiary/aromatic N) is 2. The van der Waals surface area contributed by atoms with Crippen LogP contribution in [0.15, 0.2) is 42.6 Å². The highest BCUT2D eigenvalue weighted by molar-refractivity contribution is 5.95. The Morgan fingerprint density at radius 1 is 1.32 bits per heavy atom. The fourth-order valence-corrected chi connectivity index (χ4v) is 3.16. The summed E-state index contributed by atoms with van der Waals surface area (Å²) in [5, 5.41) is 2.72. The number of amides is 2. The molecule has 0 aliphatic carbocycles. The van der Waals surface area contributed by atoms with Crippen molar-refractivity contribution < 1.29 is 14.0 Å². The van der Waals surface area contributed by atoms with Crippen molar-refractivity contribution in [1.82, 2.24) is 15.2 Å². The van der Waals surface area contributed by atoms with Crippen LogP contribution in [0.2, 0.25) is 0 Å². The number of hydrogen-bond donors (Lipinski definition) is 1. The number of pyridine rings is 1. The van der Waals surface area contributed by atoms with Crippen LogP contribution < -0.4 is 5.32 Å². The molecular formula is C19H20FN3O2. The van der Waals surface area contributed by atoms with Gasteiger partial charge in [-0.05, 0) is 42.7 Å². The Morgan fingerprint density at radius 2 is 2.12 bits per heavy atom. The van der Waals surface area contributed by atoms with Gasteiger partial charge in [-0.25, -0.2) is 4.39 Å². The summed E-state index contributed by atoms with van der Waals surface area (Å²) in [5.74, 6) is -0.913. The Balaban J connectivity index is 1.82. The quantitative estimate of drug-likeness (QED) is 0.930. The minimum atomic E-state index is -0.501. The lowest BCUT2D eigenvalue weighted by Crippen LogP contribution is -2.31. The largest absolute Gasteiger partial charge is 0.351 e. The molecule has 0 saturated carbocycles. The van der Waals surface area contributed by atoms with Crippen molar-refractivity contribution in [2.24, 2.45) is 0 Å². The van der Waals surface area contributed by atoms with Crippen molar-refractivity contribution in [3.63, 3.8) is 0 Å². The average Bonchev–Trinajstić information content (AvgIpc) is 3.10. The maximum absolute atomic E-state index is 14.0. The molecule has 1 fully saturated rings. The van der Waals surface area contributed by atoms with E-state index in [-0.39, 0.29) is 23.4 Å². The van der Waals surface area contributed by atoms with Crippen LogP contribution in [0.3, 0.4) is 0 Å². The molecule has 1 aromatic carbocycles. The molecule has 0 radical (unpaired) electrons. The highest BCUT2D eigenvalue weighted by Gasteiger charge is 2.31. The van der Waals surface area contributed by atoms with Gasteiger partial charge in [0.25, 0.3) is 5.91 Å². The molecule has 1 saturated heterocycles. The summed E-state index contributed by atoms with van der Waals surface area (Å²) < 4.78 is 14.0. The Morgan fingerprint density at radius 3 is 2.88 bits per heavy atom. The van der Waals surface area contributed by atoms with Gasteiger partial charge in [-0.1, -0.05) is 12.1 Å². The molecule has 2 aromatic rings. The monoisotopic (exact) mass is 341 g/mol. The van der Waals surface area contributed by atoms with Gasteiger partial charge in [0.1, 0.15) is 5.82 Å². The third-order valence-corrected chi connectivity index (χ3v) is 4.36. The van der Waals surface area contributed by atoms with Crippen LogP contribution in [-0.2, 0) is 11.3 Å². The molecule has 0 unspecified atom stereocenters. The van der Waals surface area contributed by atoms with Crippen molar-refractivity contribution >= 4 is 11.8 Å². The number of carbonyl (C=O) groups is 2. The Kier molecular flexibility index (Phi) is 5.07. The third-order valence-electron chi connectivity index (χ3n) is 4.36. The lowest BCUT2D eigenvalue weighted by molar-refractivity contribution is -0.119. The molecule has 1 N–H and O–H groups in total. The van der Waals surface area contributed by atoms with Crippen LogP contribution >= 0.6 is 0 Å². The minimum absolute atomic E-state index is 0.0990. The molecule has 2 amide bonds. The van der Waals surface area contributed by atoms with E-state index < -0.39 is 5.82 Å². The third kappa shape index (κ3) is 3.84. The number of carbonyl (C=O) groups excluding carboxylic acids is 2. The van der Waals surface area contributed by atoms with Gasteiger partial charge in [-0.3, -0.25) is 14.6 Å². The van der Waals surface area contributed by atoms with E-state index in [2.05, 4.69) is 10.3 Å². The summed E-state index contributed by atoms with van der Waals surface area (Å²) in [7, 11) is 0. The topological polar surface area (TPSA) is 62.3 Å². The van der Waals surface area contributed by atoms with Gasteiger partial charge < -0.3 is 10.2 Å². The number of halogens is 1. The fourth-order valence-electron chi connectivity index (χ4n) is 3.16. The van der Waals surface area contributed by atoms with Crippen LogP contribution in [0.25, 0.3) is 0 Å². The Hall–Kier alpha value is -2.76. The van der Waals surface area contributed by atoms with E-state index in [1.54, 1.807) is 23.2 Å². The van der Waals surface area contributed by atoms with E-state index in [1.807, 2.05) is 12.1 Å². The van der Waals surface area contributed by atoms with E-state index >= 15 is 0 Å². The van der Waals surface area contributed by atoms with Gasteiger partial charge in [-0.2, -0.15) is 0 Å². The SMILES string of the molecule is CC(=O)NCc1cc([C@@H]2CCCN2C(=O)c2ccccc2F)ccn1. The zero-order valence-corrected chi connectivity index (χ0v) is 14.0. The summed E-state index contributed by atoms with van der Waals surface area (Å²) >= 11 is 0. The minimum Gasteiger partial charge on any atom is -0.351 e. The summed E-state index contributed by atoms with van der Waals surface area (Å²) in [6.07, 6.45) is 3.37. The standard InChI is InChI=1S/C19H20FN3O2/c1-13(24)22-12-15-11-14(8-9-21-15)18-7-4-10-23(18)19(25)16-5-2-3-6-17(16)20/h2-3,5-6,8-9,11,18H,4,7,10,12H2,1H3,(H,22,24)/t18-/m0/s1. The second-order valence-corrected chi connectivity index (χ2v) is 6.13. The molecule has 1 atom stereocenters. The molecule has 6 heteroatoms. The summed E-state index contributed by atoms with van der Waals surface area (Å²) in [6, 6.07) is 9.72. The van der Waals surface area contributed by atoms with E-state index in [4.69, 9.17) is 0 Å². The number of nitrogens with one attached hydrogen (secondary N) is 1. The molecule has 2 heterocycles. The maximum Gasteiger partial charge on any atom is 0.257 e. The normalized spacial score (nSPS) is 16.7. The first-order valence-electron chi connectivity index (χ1n) is 8.31. The smallest absolute Gasteiger partial charge is 0.257 e. The van der Waals surface area contributed by atoms with E-state index in [0.717, 1.165) is 24.1 Å². The number of likely N-dealkylation sites (tertiary alicyclic amines) is 1. The molecule has 1 aromatic heterocycles.